The molecule has 10 heavy (non-hydrogen) atoms. The second-order valence-corrected chi connectivity index (χ2v) is 2.56. The molecule has 0 saturated heterocycles. The second kappa shape index (κ2) is 5.24. The highest BCUT2D eigenvalue weighted by Crippen LogP contribution is 2.03. The minimum Gasteiger partial charge on any atom is -0.392 e. The van der Waals surface area contributed by atoms with Crippen molar-refractivity contribution in [2.75, 3.05) is 6.61 Å². The number of hydrogen-bond donors (Lipinski definition) is 1. The number of aliphatic hydroxyl groups is 1. The first-order chi connectivity index (χ1) is 4.70. The molecule has 0 heterocycles. The maximum atomic E-state index is 8.66. The highest BCUT2D eigenvalue weighted by atomic mass is 16.3. The minimum atomic E-state index is 0.169. The van der Waals surface area contributed by atoms with Gasteiger partial charge in [-0.25, -0.2) is 0 Å². The Morgan fingerprint density at radius 2 is 2.20 bits per heavy atom. The third-order valence-electron chi connectivity index (χ3n) is 1.29. The zero-order valence-corrected chi connectivity index (χ0v) is 6.96. The van der Waals surface area contributed by atoms with Gasteiger partial charge in [0.2, 0.25) is 0 Å². The molecule has 0 aliphatic carbocycles. The van der Waals surface area contributed by atoms with E-state index in [0.717, 1.165) is 5.57 Å². The van der Waals surface area contributed by atoms with Gasteiger partial charge in [0.05, 0.1) is 6.61 Å². The maximum absolute atomic E-state index is 8.66. The van der Waals surface area contributed by atoms with Gasteiger partial charge in [-0.2, -0.15) is 0 Å². The predicted octanol–water partition coefficient (Wildman–Crippen LogP) is 2.14. The molecule has 1 nitrogen and oxygen atoms in total. The second-order valence-electron chi connectivity index (χ2n) is 2.56. The molecular formula is C9H16O. The standard InChI is InChI=1S/C9H16O/c1-4-5-8(2)6-9(3)7-10/h4-6,8,10H,7H2,1-3H3/b5-4+,9-6+/t8-/m0/s1. The molecule has 0 aromatic heterocycles. The van der Waals surface area contributed by atoms with Crippen molar-refractivity contribution in [1.29, 1.82) is 0 Å². The Bertz CT molecular complexity index is 134. The summed E-state index contributed by atoms with van der Waals surface area (Å²) in [6.45, 7) is 6.19. The summed E-state index contributed by atoms with van der Waals surface area (Å²) >= 11 is 0. The Morgan fingerprint density at radius 3 is 2.60 bits per heavy atom. The Labute approximate surface area is 63.1 Å². The van der Waals surface area contributed by atoms with Crippen LogP contribution in [0.4, 0.5) is 0 Å². The first-order valence-electron chi connectivity index (χ1n) is 3.61. The molecule has 0 spiro atoms. The van der Waals surface area contributed by atoms with Gasteiger partial charge in [0.15, 0.2) is 0 Å². The van der Waals surface area contributed by atoms with Crippen LogP contribution in [0.1, 0.15) is 20.8 Å². The summed E-state index contributed by atoms with van der Waals surface area (Å²) in [5, 5.41) is 8.66. The number of rotatable bonds is 3. The minimum absolute atomic E-state index is 0.169. The third-order valence-corrected chi connectivity index (χ3v) is 1.29. The van der Waals surface area contributed by atoms with Gasteiger partial charge in [-0.05, 0) is 19.8 Å². The molecule has 1 atom stereocenters. The summed E-state index contributed by atoms with van der Waals surface area (Å²) in [7, 11) is 0. The molecule has 0 bridgehead atoms. The van der Waals surface area contributed by atoms with E-state index in [4.69, 9.17) is 5.11 Å². The Morgan fingerprint density at radius 1 is 1.60 bits per heavy atom. The van der Waals surface area contributed by atoms with Crippen molar-refractivity contribution in [3.63, 3.8) is 0 Å². The Hall–Kier alpha value is -0.560. The van der Waals surface area contributed by atoms with Crippen LogP contribution in [0.25, 0.3) is 0 Å². The molecule has 0 aliphatic heterocycles. The van der Waals surface area contributed by atoms with Gasteiger partial charge in [0.25, 0.3) is 0 Å². The van der Waals surface area contributed by atoms with Crippen LogP contribution in [-0.4, -0.2) is 11.7 Å². The lowest BCUT2D eigenvalue weighted by Gasteiger charge is -1.99. The van der Waals surface area contributed by atoms with Crippen LogP contribution >= 0.6 is 0 Å². The SMILES string of the molecule is C/C=C/[C@H](C)/C=C(\C)CO. The molecule has 0 amide bonds. The van der Waals surface area contributed by atoms with Crippen LogP contribution in [0.2, 0.25) is 0 Å². The summed E-state index contributed by atoms with van der Waals surface area (Å²) in [6.07, 6.45) is 6.17. The van der Waals surface area contributed by atoms with Crippen molar-refractivity contribution in [2.45, 2.75) is 20.8 Å². The van der Waals surface area contributed by atoms with E-state index in [2.05, 4.69) is 19.1 Å². The van der Waals surface area contributed by atoms with E-state index in [1.807, 2.05) is 19.9 Å². The largest absolute Gasteiger partial charge is 0.392 e. The molecule has 0 radical (unpaired) electrons. The normalized spacial score (nSPS) is 16.2. The Kier molecular flexibility index (Phi) is 4.95. The Balaban J connectivity index is 3.86. The fourth-order valence-corrected chi connectivity index (χ4v) is 0.861. The van der Waals surface area contributed by atoms with Gasteiger partial charge in [0, 0.05) is 0 Å². The molecule has 0 fully saturated rings. The molecular weight excluding hydrogens is 124 g/mol. The van der Waals surface area contributed by atoms with E-state index < -0.39 is 0 Å². The molecule has 0 rings (SSSR count). The molecule has 0 unspecified atom stereocenters. The van der Waals surface area contributed by atoms with E-state index in [1.54, 1.807) is 0 Å². The lowest BCUT2D eigenvalue weighted by atomic mass is 10.1. The van der Waals surface area contributed by atoms with Crippen molar-refractivity contribution in [3.8, 4) is 0 Å². The van der Waals surface area contributed by atoms with Gasteiger partial charge in [-0.3, -0.25) is 0 Å². The fourth-order valence-electron chi connectivity index (χ4n) is 0.861. The van der Waals surface area contributed by atoms with E-state index in [9.17, 15) is 0 Å². The van der Waals surface area contributed by atoms with Crippen LogP contribution in [-0.2, 0) is 0 Å². The quantitative estimate of drug-likeness (QED) is 0.595. The van der Waals surface area contributed by atoms with Crippen LogP contribution in [0.5, 0.6) is 0 Å². The summed E-state index contributed by atoms with van der Waals surface area (Å²) < 4.78 is 0. The first kappa shape index (κ1) is 9.44. The van der Waals surface area contributed by atoms with Crippen molar-refractivity contribution >= 4 is 0 Å². The highest BCUT2D eigenvalue weighted by molar-refractivity contribution is 5.05. The summed E-state index contributed by atoms with van der Waals surface area (Å²) in [6, 6.07) is 0. The number of hydrogen-bond acceptors (Lipinski definition) is 1. The van der Waals surface area contributed by atoms with Crippen LogP contribution in [0.3, 0.4) is 0 Å². The number of aliphatic hydroxyl groups excluding tert-OH is 1. The van der Waals surface area contributed by atoms with E-state index in [1.165, 1.54) is 0 Å². The zero-order chi connectivity index (χ0) is 7.98. The fraction of sp³-hybridized carbons (Fsp3) is 0.556. The summed E-state index contributed by atoms with van der Waals surface area (Å²) in [5.74, 6) is 0.442. The van der Waals surface area contributed by atoms with Gasteiger partial charge in [-0.15, -0.1) is 0 Å². The molecule has 1 N–H and O–H groups in total. The first-order valence-corrected chi connectivity index (χ1v) is 3.61. The molecule has 0 aromatic rings. The van der Waals surface area contributed by atoms with Crippen molar-refractivity contribution in [3.05, 3.63) is 23.8 Å². The van der Waals surface area contributed by atoms with Crippen LogP contribution in [0.15, 0.2) is 23.8 Å². The molecule has 0 saturated carbocycles. The monoisotopic (exact) mass is 140 g/mol. The van der Waals surface area contributed by atoms with Crippen molar-refractivity contribution in [1.82, 2.24) is 0 Å². The van der Waals surface area contributed by atoms with E-state index >= 15 is 0 Å². The van der Waals surface area contributed by atoms with Gasteiger partial charge in [0.1, 0.15) is 0 Å². The highest BCUT2D eigenvalue weighted by Gasteiger charge is 1.90. The van der Waals surface area contributed by atoms with Gasteiger partial charge in [-0.1, -0.05) is 30.7 Å². The topological polar surface area (TPSA) is 20.2 Å². The zero-order valence-electron chi connectivity index (χ0n) is 6.96. The predicted molar refractivity (Wildman–Crippen MR) is 44.8 cm³/mol. The van der Waals surface area contributed by atoms with Gasteiger partial charge >= 0.3 is 0 Å². The molecule has 0 aliphatic rings. The van der Waals surface area contributed by atoms with Crippen molar-refractivity contribution in [2.24, 2.45) is 5.92 Å². The average Bonchev–Trinajstić information content (AvgIpc) is 1.88. The molecule has 1 heteroatoms. The maximum Gasteiger partial charge on any atom is 0.0639 e. The van der Waals surface area contributed by atoms with Crippen LogP contribution in [0, 0.1) is 5.92 Å². The smallest absolute Gasteiger partial charge is 0.0639 e. The lowest BCUT2D eigenvalue weighted by Crippen LogP contribution is -1.89. The van der Waals surface area contributed by atoms with Crippen molar-refractivity contribution < 1.29 is 5.11 Å². The van der Waals surface area contributed by atoms with Crippen LogP contribution < -0.4 is 0 Å². The van der Waals surface area contributed by atoms with Gasteiger partial charge < -0.3 is 5.11 Å². The third kappa shape index (κ3) is 4.33. The number of allylic oxidation sites excluding steroid dienone is 3. The lowest BCUT2D eigenvalue weighted by molar-refractivity contribution is 0.330. The molecule has 58 valence electrons. The summed E-state index contributed by atoms with van der Waals surface area (Å²) in [5.41, 5.74) is 1.03. The van der Waals surface area contributed by atoms with E-state index in [0.29, 0.717) is 5.92 Å². The summed E-state index contributed by atoms with van der Waals surface area (Å²) in [4.78, 5) is 0. The average molecular weight is 140 g/mol. The van der Waals surface area contributed by atoms with E-state index in [-0.39, 0.29) is 6.61 Å². The molecule has 0 aromatic carbocycles.